The highest BCUT2D eigenvalue weighted by Crippen LogP contribution is 2.30. The van der Waals surface area contributed by atoms with Gasteiger partial charge in [-0.05, 0) is 43.7 Å². The van der Waals surface area contributed by atoms with Crippen molar-refractivity contribution in [2.75, 3.05) is 0 Å². The maximum absolute atomic E-state index is 12.5. The average Bonchev–Trinajstić information content (AvgIpc) is 2.95. The number of aromatic amines is 1. The van der Waals surface area contributed by atoms with E-state index in [1.54, 1.807) is 18.3 Å². The number of nitrogens with one attached hydrogen (secondary N) is 2. The number of nitrogens with zero attached hydrogens (tertiary/aromatic N) is 1. The number of benzene rings is 2. The Balaban J connectivity index is 1.82. The Morgan fingerprint density at radius 2 is 1.92 bits per heavy atom. The van der Waals surface area contributed by atoms with Crippen molar-refractivity contribution in [3.63, 3.8) is 0 Å². The third kappa shape index (κ3) is 4.00. The van der Waals surface area contributed by atoms with E-state index in [-0.39, 0.29) is 12.0 Å². The van der Waals surface area contributed by atoms with E-state index in [9.17, 15) is 4.79 Å². The first-order valence-electron chi connectivity index (χ1n) is 7.91. The van der Waals surface area contributed by atoms with Crippen molar-refractivity contribution in [3.8, 4) is 5.75 Å². The lowest BCUT2D eigenvalue weighted by atomic mass is 10.2. The van der Waals surface area contributed by atoms with Crippen LogP contribution < -0.4 is 10.2 Å². The molecule has 0 atom stereocenters. The first-order valence-corrected chi connectivity index (χ1v) is 8.28. The zero-order chi connectivity index (χ0) is 17.8. The molecule has 0 saturated heterocycles. The van der Waals surface area contributed by atoms with E-state index in [1.807, 2.05) is 50.2 Å². The summed E-state index contributed by atoms with van der Waals surface area (Å²) in [5, 5.41) is 5.51. The molecule has 1 aromatic heterocycles. The molecular weight excluding hydrogens is 338 g/mol. The average molecular weight is 356 g/mol. The fourth-order valence-electron chi connectivity index (χ4n) is 2.40. The van der Waals surface area contributed by atoms with Gasteiger partial charge in [-0.15, -0.1) is 0 Å². The lowest BCUT2D eigenvalue weighted by molar-refractivity contribution is 0.0945. The van der Waals surface area contributed by atoms with Crippen LogP contribution in [0, 0.1) is 0 Å². The Morgan fingerprint density at radius 3 is 2.64 bits per heavy atom. The molecule has 128 valence electrons. The van der Waals surface area contributed by atoms with E-state index in [0.717, 1.165) is 16.5 Å². The predicted octanol–water partition coefficient (Wildman–Crippen LogP) is 4.37. The second-order valence-electron chi connectivity index (χ2n) is 5.79. The molecule has 0 unspecified atom stereocenters. The van der Waals surface area contributed by atoms with Crippen LogP contribution in [0.4, 0.5) is 0 Å². The topological polar surface area (TPSA) is 66.5 Å². The summed E-state index contributed by atoms with van der Waals surface area (Å²) in [4.78, 5) is 15.6. The van der Waals surface area contributed by atoms with Crippen LogP contribution in [0.15, 0.2) is 53.6 Å². The molecule has 0 bridgehead atoms. The van der Waals surface area contributed by atoms with Crippen LogP contribution in [-0.2, 0) is 0 Å². The van der Waals surface area contributed by atoms with Crippen molar-refractivity contribution >= 4 is 34.6 Å². The maximum atomic E-state index is 12.5. The molecule has 5 nitrogen and oxygen atoms in total. The molecule has 3 rings (SSSR count). The van der Waals surface area contributed by atoms with Gasteiger partial charge in [0.2, 0.25) is 0 Å². The van der Waals surface area contributed by atoms with Crippen LogP contribution in [-0.4, -0.2) is 23.2 Å². The number of carbonyl (C=O) groups is 1. The van der Waals surface area contributed by atoms with Crippen LogP contribution in [0.25, 0.3) is 10.9 Å². The van der Waals surface area contributed by atoms with E-state index in [1.165, 1.54) is 0 Å². The number of hydrogen-bond donors (Lipinski definition) is 2. The van der Waals surface area contributed by atoms with Crippen molar-refractivity contribution in [2.24, 2.45) is 5.10 Å². The van der Waals surface area contributed by atoms with E-state index < -0.39 is 0 Å². The first-order chi connectivity index (χ1) is 12.0. The molecule has 25 heavy (non-hydrogen) atoms. The highest BCUT2D eigenvalue weighted by Gasteiger charge is 2.19. The fourth-order valence-corrected chi connectivity index (χ4v) is 2.53. The second kappa shape index (κ2) is 7.40. The van der Waals surface area contributed by atoms with Gasteiger partial charge in [-0.3, -0.25) is 4.79 Å². The molecule has 0 aliphatic heterocycles. The zero-order valence-electron chi connectivity index (χ0n) is 13.9. The van der Waals surface area contributed by atoms with Gasteiger partial charge in [0, 0.05) is 15.9 Å². The van der Waals surface area contributed by atoms with Gasteiger partial charge in [0.05, 0.1) is 12.3 Å². The summed E-state index contributed by atoms with van der Waals surface area (Å²) in [6.45, 7) is 3.84. The maximum Gasteiger partial charge on any atom is 0.291 e. The fraction of sp³-hybridized carbons (Fsp3) is 0.158. The van der Waals surface area contributed by atoms with E-state index in [0.29, 0.717) is 16.5 Å². The molecule has 0 saturated carbocycles. The van der Waals surface area contributed by atoms with Crippen LogP contribution >= 0.6 is 11.6 Å². The van der Waals surface area contributed by atoms with Crippen molar-refractivity contribution in [2.45, 2.75) is 20.0 Å². The third-order valence-electron chi connectivity index (χ3n) is 3.49. The number of para-hydroxylation sites is 1. The molecule has 1 heterocycles. The minimum Gasteiger partial charge on any atom is -0.488 e. The van der Waals surface area contributed by atoms with E-state index in [4.69, 9.17) is 16.3 Å². The molecule has 3 aromatic rings. The number of ether oxygens (including phenoxy) is 1. The molecule has 0 fully saturated rings. The summed E-state index contributed by atoms with van der Waals surface area (Å²) in [6.07, 6.45) is 1.50. The van der Waals surface area contributed by atoms with Crippen molar-refractivity contribution in [3.05, 3.63) is 64.8 Å². The van der Waals surface area contributed by atoms with Gasteiger partial charge in [-0.1, -0.05) is 35.9 Å². The summed E-state index contributed by atoms with van der Waals surface area (Å²) in [7, 11) is 0. The number of H-pyrrole nitrogens is 1. The molecule has 6 heteroatoms. The molecule has 0 spiro atoms. The Labute approximate surface area is 150 Å². The Bertz CT molecular complexity index is 914. The Hall–Kier alpha value is -2.79. The normalized spacial score (nSPS) is 11.4. The monoisotopic (exact) mass is 355 g/mol. The number of halogens is 1. The molecule has 1 amide bonds. The molecule has 0 aliphatic carbocycles. The highest BCUT2D eigenvalue weighted by atomic mass is 35.5. The highest BCUT2D eigenvalue weighted by molar-refractivity contribution is 6.30. The van der Waals surface area contributed by atoms with Gasteiger partial charge >= 0.3 is 0 Å². The lowest BCUT2D eigenvalue weighted by Gasteiger charge is -2.10. The molecule has 0 radical (unpaired) electrons. The number of hydrogen-bond acceptors (Lipinski definition) is 3. The summed E-state index contributed by atoms with van der Waals surface area (Å²) < 4.78 is 5.84. The number of hydrazone groups is 1. The van der Waals surface area contributed by atoms with Crippen LogP contribution in [0.2, 0.25) is 5.02 Å². The Kier molecular flexibility index (Phi) is 5.05. The van der Waals surface area contributed by atoms with Crippen LogP contribution in [0.5, 0.6) is 5.75 Å². The van der Waals surface area contributed by atoms with Crippen molar-refractivity contribution < 1.29 is 9.53 Å². The Morgan fingerprint density at radius 1 is 1.20 bits per heavy atom. The van der Waals surface area contributed by atoms with Crippen LogP contribution in [0.1, 0.15) is 29.9 Å². The van der Waals surface area contributed by atoms with Crippen LogP contribution in [0.3, 0.4) is 0 Å². The van der Waals surface area contributed by atoms with E-state index in [2.05, 4.69) is 15.5 Å². The van der Waals surface area contributed by atoms with Gasteiger partial charge in [0.25, 0.3) is 5.91 Å². The minimum absolute atomic E-state index is 0.0525. The molecular formula is C19H18ClN3O2. The van der Waals surface area contributed by atoms with Gasteiger partial charge in [-0.25, -0.2) is 5.43 Å². The SMILES string of the molecule is CC(C)Oc1c(C(=O)NN=Cc2ccc(Cl)cc2)[nH]c2ccccc12. The van der Waals surface area contributed by atoms with Gasteiger partial charge < -0.3 is 9.72 Å². The van der Waals surface area contributed by atoms with E-state index >= 15 is 0 Å². The second-order valence-corrected chi connectivity index (χ2v) is 6.23. The van der Waals surface area contributed by atoms with Crippen molar-refractivity contribution in [1.82, 2.24) is 10.4 Å². The quantitative estimate of drug-likeness (QED) is 0.527. The smallest absolute Gasteiger partial charge is 0.291 e. The number of amides is 1. The minimum atomic E-state index is -0.364. The summed E-state index contributed by atoms with van der Waals surface area (Å²) in [5.41, 5.74) is 4.54. The number of rotatable bonds is 5. The van der Waals surface area contributed by atoms with Gasteiger partial charge in [-0.2, -0.15) is 5.10 Å². The first kappa shape index (κ1) is 17.0. The third-order valence-corrected chi connectivity index (χ3v) is 3.74. The van der Waals surface area contributed by atoms with Crippen molar-refractivity contribution in [1.29, 1.82) is 0 Å². The largest absolute Gasteiger partial charge is 0.488 e. The van der Waals surface area contributed by atoms with Gasteiger partial charge in [0.15, 0.2) is 5.75 Å². The predicted molar refractivity (Wildman–Crippen MR) is 101 cm³/mol. The summed E-state index contributed by atoms with van der Waals surface area (Å²) in [5.74, 6) is 0.168. The number of fused-ring (bicyclic) bond motifs is 1. The number of aromatic nitrogens is 1. The summed E-state index contributed by atoms with van der Waals surface area (Å²) >= 11 is 5.84. The molecule has 0 aliphatic rings. The lowest BCUT2D eigenvalue weighted by Crippen LogP contribution is -2.20. The zero-order valence-corrected chi connectivity index (χ0v) is 14.7. The molecule has 2 aromatic carbocycles. The summed E-state index contributed by atoms with van der Waals surface area (Å²) in [6, 6.07) is 14.8. The standard InChI is InChI=1S/C19H18ClN3O2/c1-12(2)25-18-15-5-3-4-6-16(15)22-17(18)19(24)23-21-11-13-7-9-14(20)10-8-13/h3-12,22H,1-2H3,(H,23,24). The van der Waals surface area contributed by atoms with Gasteiger partial charge in [0.1, 0.15) is 5.69 Å². The molecule has 2 N–H and O–H groups in total. The number of carbonyl (C=O) groups excluding carboxylic acids is 1.